The fourth-order valence-electron chi connectivity index (χ4n) is 1.63. The van der Waals surface area contributed by atoms with Crippen LogP contribution in [0.5, 0.6) is 0 Å². The molecule has 2 N–H and O–H groups in total. The zero-order valence-corrected chi connectivity index (χ0v) is 11.9. The number of nitrogens with one attached hydrogen (secondary N) is 2. The van der Waals surface area contributed by atoms with Crippen molar-refractivity contribution in [1.82, 2.24) is 5.32 Å². The number of nitrogens with zero attached hydrogens (tertiary/aromatic N) is 1. The summed E-state index contributed by atoms with van der Waals surface area (Å²) in [5, 5.41) is 16.7. The summed E-state index contributed by atoms with van der Waals surface area (Å²) in [6, 6.07) is 4.45. The molecule has 102 valence electrons. The van der Waals surface area contributed by atoms with Gasteiger partial charge in [-0.15, -0.1) is 0 Å². The molecule has 0 bridgehead atoms. The van der Waals surface area contributed by atoms with Gasteiger partial charge in [-0.1, -0.05) is 15.9 Å². The predicted octanol–water partition coefficient (Wildman–Crippen LogP) is 2.44. The molecule has 0 spiro atoms. The number of amides is 1. The minimum Gasteiger partial charge on any atom is -0.368 e. The largest absolute Gasteiger partial charge is 0.368 e. The van der Waals surface area contributed by atoms with E-state index in [-0.39, 0.29) is 17.6 Å². The van der Waals surface area contributed by atoms with E-state index >= 15 is 0 Å². The van der Waals surface area contributed by atoms with Crippen molar-refractivity contribution < 1.29 is 9.72 Å². The van der Waals surface area contributed by atoms with Crippen molar-refractivity contribution >= 4 is 33.2 Å². The van der Waals surface area contributed by atoms with Gasteiger partial charge in [-0.05, 0) is 31.9 Å². The maximum Gasteiger partial charge on any atom is 0.293 e. The molecule has 6 nitrogen and oxygen atoms in total. The number of benzene rings is 1. The van der Waals surface area contributed by atoms with Gasteiger partial charge < -0.3 is 10.6 Å². The highest BCUT2D eigenvalue weighted by atomic mass is 79.9. The molecule has 19 heavy (non-hydrogen) atoms. The lowest BCUT2D eigenvalue weighted by molar-refractivity contribution is -0.384. The van der Waals surface area contributed by atoms with Gasteiger partial charge in [0.05, 0.1) is 4.92 Å². The second kappa shape index (κ2) is 5.56. The van der Waals surface area contributed by atoms with Crippen molar-refractivity contribution in [3.8, 4) is 0 Å². The lowest BCUT2D eigenvalue weighted by Gasteiger charge is -2.15. The van der Waals surface area contributed by atoms with Gasteiger partial charge in [0.2, 0.25) is 5.91 Å². The Morgan fingerprint density at radius 2 is 2.21 bits per heavy atom. The number of carbonyl (C=O) groups excluding carboxylic acids is 1. The molecule has 1 amide bonds. The highest BCUT2D eigenvalue weighted by Gasteiger charge is 2.26. The number of anilines is 1. The zero-order chi connectivity index (χ0) is 14.0. The first kappa shape index (κ1) is 13.8. The van der Waals surface area contributed by atoms with Gasteiger partial charge in [0.15, 0.2) is 0 Å². The average Bonchev–Trinajstić information content (AvgIpc) is 3.14. The Morgan fingerprint density at radius 1 is 1.53 bits per heavy atom. The summed E-state index contributed by atoms with van der Waals surface area (Å²) in [6.45, 7) is 1.68. The van der Waals surface area contributed by atoms with Crippen molar-refractivity contribution in [3.05, 3.63) is 32.8 Å². The standard InChI is InChI=1S/C12H14BrN3O3/c1-7(12(17)15-9-3-4-9)14-10-5-2-8(13)6-11(10)16(18)19/h2,5-7,9,14H,3-4H2,1H3,(H,15,17). The van der Waals surface area contributed by atoms with Crippen molar-refractivity contribution in [1.29, 1.82) is 0 Å². The molecule has 0 aliphatic heterocycles. The number of carbonyl (C=O) groups is 1. The van der Waals surface area contributed by atoms with Crippen molar-refractivity contribution in [3.63, 3.8) is 0 Å². The molecule has 0 heterocycles. The first-order chi connectivity index (χ1) is 8.97. The molecule has 1 aromatic rings. The molecule has 1 aliphatic rings. The van der Waals surface area contributed by atoms with Crippen LogP contribution in [-0.4, -0.2) is 22.9 Å². The molecule has 1 aromatic carbocycles. The predicted molar refractivity (Wildman–Crippen MR) is 75.0 cm³/mol. The summed E-state index contributed by atoms with van der Waals surface area (Å²) in [5.41, 5.74) is 0.284. The smallest absolute Gasteiger partial charge is 0.293 e. The molecule has 0 saturated heterocycles. The summed E-state index contributed by atoms with van der Waals surface area (Å²) in [6.07, 6.45) is 2.02. The number of rotatable bonds is 5. The molecular formula is C12H14BrN3O3. The van der Waals surface area contributed by atoms with Crippen LogP contribution in [0.25, 0.3) is 0 Å². The summed E-state index contributed by atoms with van der Waals surface area (Å²) < 4.78 is 0.625. The topological polar surface area (TPSA) is 84.3 Å². The van der Waals surface area contributed by atoms with Gasteiger partial charge in [0.25, 0.3) is 5.69 Å². The minimum absolute atomic E-state index is 0.0551. The van der Waals surface area contributed by atoms with E-state index < -0.39 is 11.0 Å². The average molecular weight is 328 g/mol. The molecule has 0 aromatic heterocycles. The third kappa shape index (κ3) is 3.66. The molecule has 1 atom stereocenters. The molecule has 2 rings (SSSR count). The fraction of sp³-hybridized carbons (Fsp3) is 0.417. The van der Waals surface area contributed by atoms with Gasteiger partial charge >= 0.3 is 0 Å². The summed E-state index contributed by atoms with van der Waals surface area (Å²) in [5.74, 6) is -0.139. The third-order valence-electron chi connectivity index (χ3n) is 2.85. The van der Waals surface area contributed by atoms with Crippen molar-refractivity contribution in [2.24, 2.45) is 0 Å². The summed E-state index contributed by atoms with van der Waals surface area (Å²) in [7, 11) is 0. The normalized spacial score (nSPS) is 15.7. The molecule has 1 aliphatic carbocycles. The zero-order valence-electron chi connectivity index (χ0n) is 10.4. The lowest BCUT2D eigenvalue weighted by atomic mass is 10.2. The number of halogens is 1. The van der Waals surface area contributed by atoms with Crippen LogP contribution >= 0.6 is 15.9 Å². The summed E-state index contributed by atoms with van der Waals surface area (Å²) >= 11 is 3.19. The third-order valence-corrected chi connectivity index (χ3v) is 3.34. The Hall–Kier alpha value is -1.63. The lowest BCUT2D eigenvalue weighted by Crippen LogP contribution is -2.38. The van der Waals surface area contributed by atoms with E-state index in [2.05, 4.69) is 26.6 Å². The number of nitro benzene ring substituents is 1. The highest BCUT2D eigenvalue weighted by molar-refractivity contribution is 9.10. The number of nitro groups is 1. The van der Waals surface area contributed by atoms with Crippen LogP contribution in [0, 0.1) is 10.1 Å². The molecule has 1 saturated carbocycles. The van der Waals surface area contributed by atoms with Gasteiger partial charge in [0, 0.05) is 16.6 Å². The maximum atomic E-state index is 11.8. The van der Waals surface area contributed by atoms with Gasteiger partial charge in [-0.3, -0.25) is 14.9 Å². The Labute approximate surface area is 118 Å². The second-order valence-electron chi connectivity index (χ2n) is 4.57. The van der Waals surface area contributed by atoms with E-state index in [9.17, 15) is 14.9 Å². The highest BCUT2D eigenvalue weighted by Crippen LogP contribution is 2.28. The molecule has 1 unspecified atom stereocenters. The van der Waals surface area contributed by atoms with Crippen LogP contribution in [0.4, 0.5) is 11.4 Å². The quantitative estimate of drug-likeness (QED) is 0.642. The second-order valence-corrected chi connectivity index (χ2v) is 5.48. The van der Waals surface area contributed by atoms with Crippen molar-refractivity contribution in [2.75, 3.05) is 5.32 Å². The number of hydrogen-bond acceptors (Lipinski definition) is 4. The SMILES string of the molecule is CC(Nc1ccc(Br)cc1[N+](=O)[O-])C(=O)NC1CC1. The molecular weight excluding hydrogens is 314 g/mol. The van der Waals surface area contributed by atoms with Crippen molar-refractivity contribution in [2.45, 2.75) is 31.8 Å². The van der Waals surface area contributed by atoms with E-state index in [1.807, 2.05) is 0 Å². The number of hydrogen-bond donors (Lipinski definition) is 2. The van der Waals surface area contributed by atoms with E-state index in [0.29, 0.717) is 10.2 Å². The van der Waals surface area contributed by atoms with Crippen LogP contribution in [0.2, 0.25) is 0 Å². The Bertz CT molecular complexity index is 517. The fourth-order valence-corrected chi connectivity index (χ4v) is 1.98. The monoisotopic (exact) mass is 327 g/mol. The first-order valence-electron chi connectivity index (χ1n) is 5.98. The van der Waals surface area contributed by atoms with E-state index in [1.165, 1.54) is 6.07 Å². The Kier molecular flexibility index (Phi) is 4.04. The molecule has 0 radical (unpaired) electrons. The van der Waals surface area contributed by atoms with Gasteiger partial charge in [0.1, 0.15) is 11.7 Å². The van der Waals surface area contributed by atoms with Crippen LogP contribution in [0.1, 0.15) is 19.8 Å². The van der Waals surface area contributed by atoms with Crippen LogP contribution in [-0.2, 0) is 4.79 Å². The molecule has 1 fully saturated rings. The van der Waals surface area contributed by atoms with E-state index in [1.54, 1.807) is 19.1 Å². The van der Waals surface area contributed by atoms with Crippen LogP contribution in [0.15, 0.2) is 22.7 Å². The Morgan fingerprint density at radius 3 is 2.79 bits per heavy atom. The molecule has 7 heteroatoms. The van der Waals surface area contributed by atoms with Crippen LogP contribution < -0.4 is 10.6 Å². The summed E-state index contributed by atoms with van der Waals surface area (Å²) in [4.78, 5) is 22.3. The maximum absolute atomic E-state index is 11.8. The van der Waals surface area contributed by atoms with E-state index in [4.69, 9.17) is 0 Å². The van der Waals surface area contributed by atoms with Gasteiger partial charge in [-0.2, -0.15) is 0 Å². The van der Waals surface area contributed by atoms with E-state index in [0.717, 1.165) is 12.8 Å². The minimum atomic E-state index is -0.513. The van der Waals surface area contributed by atoms with Crippen LogP contribution in [0.3, 0.4) is 0 Å². The Balaban J connectivity index is 2.08. The first-order valence-corrected chi connectivity index (χ1v) is 6.77. The van der Waals surface area contributed by atoms with Gasteiger partial charge in [-0.25, -0.2) is 0 Å².